The molecule has 0 atom stereocenters. The van der Waals surface area contributed by atoms with Crippen LogP contribution in [0.25, 0.3) is 0 Å². The van der Waals surface area contributed by atoms with Crippen molar-refractivity contribution >= 4 is 0 Å². The van der Waals surface area contributed by atoms with Gasteiger partial charge in [-0.2, -0.15) is 5.26 Å². The van der Waals surface area contributed by atoms with Gasteiger partial charge in [-0.25, -0.2) is 0 Å². The molecule has 0 N–H and O–H groups in total. The van der Waals surface area contributed by atoms with Crippen LogP contribution >= 0.6 is 0 Å². The van der Waals surface area contributed by atoms with Gasteiger partial charge in [-0.3, -0.25) is 0 Å². The fourth-order valence-corrected chi connectivity index (χ4v) is 2.88. The minimum Gasteiger partial charge on any atom is -0.493 e. The third kappa shape index (κ3) is 7.35. The van der Waals surface area contributed by atoms with Gasteiger partial charge in [-0.05, 0) is 50.3 Å². The van der Waals surface area contributed by atoms with E-state index in [0.29, 0.717) is 13.2 Å². The van der Waals surface area contributed by atoms with E-state index in [4.69, 9.17) is 14.7 Å². The quantitative estimate of drug-likeness (QED) is 0.438. The van der Waals surface area contributed by atoms with Gasteiger partial charge in [0, 0.05) is 6.07 Å². The first-order valence-corrected chi connectivity index (χ1v) is 9.88. The fourth-order valence-electron chi connectivity index (χ4n) is 2.88. The van der Waals surface area contributed by atoms with Crippen LogP contribution in [0, 0.1) is 16.7 Å². The monoisotopic (exact) mass is 365 g/mol. The first kappa shape index (κ1) is 20.8. The lowest BCUT2D eigenvalue weighted by Gasteiger charge is -2.15. The van der Waals surface area contributed by atoms with Crippen molar-refractivity contribution < 1.29 is 9.47 Å². The minimum atomic E-state index is -0.222. The summed E-state index contributed by atoms with van der Waals surface area (Å²) in [4.78, 5) is 0. The number of rotatable bonds is 11. The first-order chi connectivity index (χ1) is 13.0. The zero-order valence-corrected chi connectivity index (χ0v) is 16.8. The summed E-state index contributed by atoms with van der Waals surface area (Å²) in [6.45, 7) is 7.38. The molecule has 2 rings (SSSR count). The van der Waals surface area contributed by atoms with E-state index in [0.717, 1.165) is 49.2 Å². The Balaban J connectivity index is 1.81. The highest BCUT2D eigenvalue weighted by Gasteiger charge is 2.15. The van der Waals surface area contributed by atoms with Crippen LogP contribution < -0.4 is 9.47 Å². The zero-order valence-electron chi connectivity index (χ0n) is 16.8. The van der Waals surface area contributed by atoms with E-state index in [1.807, 2.05) is 44.2 Å². The first-order valence-electron chi connectivity index (χ1n) is 9.88. The normalized spacial score (nSPS) is 11.0. The molecule has 3 nitrogen and oxygen atoms in total. The Morgan fingerprint density at radius 2 is 1.74 bits per heavy atom. The summed E-state index contributed by atoms with van der Waals surface area (Å²) in [5.74, 6) is 1.75. The molecule has 0 bridgehead atoms. The topological polar surface area (TPSA) is 42.2 Å². The number of nitriles is 1. The second-order valence-corrected chi connectivity index (χ2v) is 7.55. The third-order valence-corrected chi connectivity index (χ3v) is 4.67. The predicted octanol–water partition coefficient (Wildman–Crippen LogP) is 6.32. The van der Waals surface area contributed by atoms with Gasteiger partial charge in [0.25, 0.3) is 0 Å². The summed E-state index contributed by atoms with van der Waals surface area (Å²) in [6, 6.07) is 18.6. The van der Waals surface area contributed by atoms with Crippen molar-refractivity contribution in [2.45, 2.75) is 59.5 Å². The molecular weight excluding hydrogens is 334 g/mol. The van der Waals surface area contributed by atoms with Crippen molar-refractivity contribution in [3.8, 4) is 17.6 Å². The van der Waals surface area contributed by atoms with Crippen LogP contribution in [-0.2, 0) is 13.0 Å². The molecule has 0 fully saturated rings. The number of hydrogen-bond acceptors (Lipinski definition) is 3. The van der Waals surface area contributed by atoms with Gasteiger partial charge in [-0.15, -0.1) is 0 Å². The van der Waals surface area contributed by atoms with Gasteiger partial charge >= 0.3 is 0 Å². The van der Waals surface area contributed by atoms with E-state index in [-0.39, 0.29) is 5.41 Å². The van der Waals surface area contributed by atoms with Gasteiger partial charge in [0.2, 0.25) is 0 Å². The summed E-state index contributed by atoms with van der Waals surface area (Å²) in [6.07, 6.45) is 5.01. The third-order valence-electron chi connectivity index (χ3n) is 4.67. The zero-order chi connectivity index (χ0) is 19.5. The molecule has 0 saturated heterocycles. The van der Waals surface area contributed by atoms with E-state index in [1.165, 1.54) is 5.56 Å². The molecular formula is C24H31NO2. The molecule has 0 radical (unpaired) electrons. The van der Waals surface area contributed by atoms with Gasteiger partial charge in [0.15, 0.2) is 0 Å². The Bertz CT molecular complexity index is 732. The standard InChI is InChI=1S/C24H31NO2/c1-4-21-13-14-22(27-18-20-11-7-5-8-12-20)17-23(21)26-16-10-6-9-15-24(2,3)19-25/h5,7-8,11-14,17H,4,6,9-10,15-16,18H2,1-3H3. The second kappa shape index (κ2) is 10.6. The van der Waals surface area contributed by atoms with Crippen LogP contribution in [0.4, 0.5) is 0 Å². The number of hydrogen-bond donors (Lipinski definition) is 0. The molecule has 0 aliphatic carbocycles. The average Bonchev–Trinajstić information content (AvgIpc) is 2.70. The predicted molar refractivity (Wildman–Crippen MR) is 110 cm³/mol. The van der Waals surface area contributed by atoms with Crippen LogP contribution in [0.2, 0.25) is 0 Å². The van der Waals surface area contributed by atoms with Crippen LogP contribution in [0.5, 0.6) is 11.5 Å². The molecule has 0 aliphatic rings. The molecule has 0 aliphatic heterocycles. The van der Waals surface area contributed by atoms with Gasteiger partial charge < -0.3 is 9.47 Å². The number of nitrogens with zero attached hydrogens (tertiary/aromatic N) is 1. The summed E-state index contributed by atoms with van der Waals surface area (Å²) in [5.41, 5.74) is 2.13. The van der Waals surface area contributed by atoms with Crippen LogP contribution in [0.1, 0.15) is 57.6 Å². The van der Waals surface area contributed by atoms with E-state index in [9.17, 15) is 0 Å². The summed E-state index contributed by atoms with van der Waals surface area (Å²) < 4.78 is 12.0. The molecule has 0 aromatic heterocycles. The maximum Gasteiger partial charge on any atom is 0.126 e. The molecule has 27 heavy (non-hydrogen) atoms. The molecule has 0 amide bonds. The Kier molecular flexibility index (Phi) is 8.20. The number of ether oxygens (including phenoxy) is 2. The highest BCUT2D eigenvalue weighted by atomic mass is 16.5. The van der Waals surface area contributed by atoms with E-state index < -0.39 is 0 Å². The van der Waals surface area contributed by atoms with Crippen LogP contribution in [0.15, 0.2) is 48.5 Å². The Labute approximate surface area is 163 Å². The Hall–Kier alpha value is -2.47. The summed E-state index contributed by atoms with van der Waals surface area (Å²) >= 11 is 0. The Morgan fingerprint density at radius 1 is 0.963 bits per heavy atom. The highest BCUT2D eigenvalue weighted by molar-refractivity contribution is 5.41. The maximum absolute atomic E-state index is 9.06. The lowest BCUT2D eigenvalue weighted by molar-refractivity contribution is 0.286. The minimum absolute atomic E-state index is 0.222. The second-order valence-electron chi connectivity index (χ2n) is 7.55. The van der Waals surface area contributed by atoms with Crippen molar-refractivity contribution in [3.05, 3.63) is 59.7 Å². The molecule has 2 aromatic rings. The van der Waals surface area contributed by atoms with Crippen molar-refractivity contribution in [2.24, 2.45) is 5.41 Å². The lowest BCUT2D eigenvalue weighted by Crippen LogP contribution is -2.07. The van der Waals surface area contributed by atoms with Crippen LogP contribution in [0.3, 0.4) is 0 Å². The molecule has 2 aromatic carbocycles. The van der Waals surface area contributed by atoms with Crippen LogP contribution in [-0.4, -0.2) is 6.61 Å². The highest BCUT2D eigenvalue weighted by Crippen LogP contribution is 2.27. The molecule has 0 heterocycles. The SMILES string of the molecule is CCc1ccc(OCc2ccccc2)cc1OCCCCCC(C)(C)C#N. The maximum atomic E-state index is 9.06. The van der Waals surface area contributed by atoms with Crippen molar-refractivity contribution in [2.75, 3.05) is 6.61 Å². The van der Waals surface area contributed by atoms with Gasteiger partial charge in [0.1, 0.15) is 18.1 Å². The lowest BCUT2D eigenvalue weighted by atomic mass is 9.89. The van der Waals surface area contributed by atoms with E-state index in [1.54, 1.807) is 0 Å². The Morgan fingerprint density at radius 3 is 2.44 bits per heavy atom. The van der Waals surface area contributed by atoms with Gasteiger partial charge in [0.05, 0.1) is 18.1 Å². The van der Waals surface area contributed by atoms with E-state index in [2.05, 4.69) is 31.2 Å². The van der Waals surface area contributed by atoms with Crippen molar-refractivity contribution in [1.82, 2.24) is 0 Å². The molecule has 144 valence electrons. The fraction of sp³-hybridized carbons (Fsp3) is 0.458. The molecule has 3 heteroatoms. The van der Waals surface area contributed by atoms with E-state index >= 15 is 0 Å². The van der Waals surface area contributed by atoms with Crippen molar-refractivity contribution in [1.29, 1.82) is 5.26 Å². The molecule has 0 spiro atoms. The van der Waals surface area contributed by atoms with Gasteiger partial charge in [-0.1, -0.05) is 56.2 Å². The number of aryl methyl sites for hydroxylation is 1. The molecule has 0 unspecified atom stereocenters. The smallest absolute Gasteiger partial charge is 0.126 e. The largest absolute Gasteiger partial charge is 0.493 e. The number of unbranched alkanes of at least 4 members (excludes halogenated alkanes) is 2. The molecule has 0 saturated carbocycles. The van der Waals surface area contributed by atoms with Crippen molar-refractivity contribution in [3.63, 3.8) is 0 Å². The average molecular weight is 366 g/mol. The summed E-state index contributed by atoms with van der Waals surface area (Å²) in [7, 11) is 0. The number of benzene rings is 2. The summed E-state index contributed by atoms with van der Waals surface area (Å²) in [5, 5.41) is 9.06.